The van der Waals surface area contributed by atoms with Crippen LogP contribution in [0.2, 0.25) is 0 Å². The number of ether oxygens (including phenoxy) is 3. The van der Waals surface area contributed by atoms with Crippen LogP contribution in [-0.4, -0.2) is 32.6 Å². The Labute approximate surface area is 191 Å². The molecule has 7 nitrogen and oxygen atoms in total. The lowest BCUT2D eigenvalue weighted by Gasteiger charge is -2.20. The third kappa shape index (κ3) is 5.39. The molecule has 0 aliphatic heterocycles. The highest BCUT2D eigenvalue weighted by Gasteiger charge is 2.22. The molecule has 0 aliphatic rings. The minimum Gasteiger partial charge on any atom is -0.493 e. The molecule has 3 N–H and O–H groups in total. The number of primary amides is 1. The maximum Gasteiger partial charge on any atom is 0.255 e. The van der Waals surface area contributed by atoms with Gasteiger partial charge in [0.25, 0.3) is 11.8 Å². The fourth-order valence-electron chi connectivity index (χ4n) is 3.23. The number of amides is 2. The Hall–Kier alpha value is -3.52. The summed E-state index contributed by atoms with van der Waals surface area (Å²) in [6.07, 6.45) is 0.945. The number of hydrogen-bond donors (Lipinski definition) is 2. The molecule has 3 aromatic rings. The predicted molar refractivity (Wildman–Crippen MR) is 124 cm³/mol. The van der Waals surface area contributed by atoms with Crippen molar-refractivity contribution in [2.45, 2.75) is 19.4 Å². The van der Waals surface area contributed by atoms with Crippen LogP contribution in [0.5, 0.6) is 17.2 Å². The number of rotatable bonds is 10. The minimum absolute atomic E-state index is 0.204. The van der Waals surface area contributed by atoms with Gasteiger partial charge in [0, 0.05) is 10.4 Å². The lowest BCUT2D eigenvalue weighted by atomic mass is 10.0. The summed E-state index contributed by atoms with van der Waals surface area (Å²) in [6, 6.07) is 14.9. The zero-order chi connectivity index (χ0) is 23.1. The second-order valence-electron chi connectivity index (χ2n) is 6.98. The van der Waals surface area contributed by atoms with Crippen LogP contribution >= 0.6 is 11.3 Å². The molecule has 168 valence electrons. The predicted octanol–water partition coefficient (Wildman–Crippen LogP) is 3.71. The van der Waals surface area contributed by atoms with Gasteiger partial charge in [0.15, 0.2) is 18.1 Å². The molecule has 0 radical (unpaired) electrons. The largest absolute Gasteiger partial charge is 0.493 e. The van der Waals surface area contributed by atoms with Crippen LogP contribution in [0.15, 0.2) is 53.9 Å². The Morgan fingerprint density at radius 2 is 1.72 bits per heavy atom. The van der Waals surface area contributed by atoms with Crippen molar-refractivity contribution >= 4 is 23.2 Å². The van der Waals surface area contributed by atoms with Crippen LogP contribution in [0.1, 0.15) is 39.3 Å². The van der Waals surface area contributed by atoms with Crippen molar-refractivity contribution in [2.24, 2.45) is 5.73 Å². The zero-order valence-electron chi connectivity index (χ0n) is 18.2. The number of benzene rings is 2. The maximum atomic E-state index is 13.2. The summed E-state index contributed by atoms with van der Waals surface area (Å²) >= 11 is 1.57. The van der Waals surface area contributed by atoms with E-state index in [0.717, 1.165) is 16.9 Å². The first-order valence-electron chi connectivity index (χ1n) is 10.1. The van der Waals surface area contributed by atoms with Crippen molar-refractivity contribution in [3.63, 3.8) is 0 Å². The standard InChI is InChI=1S/C24H26N2O5S/c1-4-15-7-9-16(10-8-15)22(20-6-5-11-32-20)26-24(28)17-12-18(29-2)23(19(13-17)30-3)31-14-21(25)27/h5-13,22H,4,14H2,1-3H3,(H2,25,27)(H,26,28)/t22-/m1/s1. The number of carbonyl (C=O) groups excluding carboxylic acids is 2. The quantitative estimate of drug-likeness (QED) is 0.486. The molecule has 32 heavy (non-hydrogen) atoms. The Morgan fingerprint density at radius 1 is 1.06 bits per heavy atom. The Morgan fingerprint density at radius 3 is 2.22 bits per heavy atom. The second-order valence-corrected chi connectivity index (χ2v) is 7.96. The fourth-order valence-corrected chi connectivity index (χ4v) is 4.03. The first-order valence-corrected chi connectivity index (χ1v) is 10.9. The van der Waals surface area contributed by atoms with Crippen LogP contribution in [0.3, 0.4) is 0 Å². The molecule has 0 bridgehead atoms. The van der Waals surface area contributed by atoms with E-state index in [1.165, 1.54) is 19.8 Å². The first kappa shape index (κ1) is 23.1. The van der Waals surface area contributed by atoms with Gasteiger partial charge >= 0.3 is 0 Å². The number of thiophene rings is 1. The average Bonchev–Trinajstić information content (AvgIpc) is 3.35. The van der Waals surface area contributed by atoms with E-state index in [1.54, 1.807) is 23.5 Å². The summed E-state index contributed by atoms with van der Waals surface area (Å²) in [4.78, 5) is 25.4. The van der Waals surface area contributed by atoms with E-state index in [4.69, 9.17) is 19.9 Å². The zero-order valence-corrected chi connectivity index (χ0v) is 19.0. The number of carbonyl (C=O) groups is 2. The smallest absolute Gasteiger partial charge is 0.255 e. The molecule has 8 heteroatoms. The van der Waals surface area contributed by atoms with E-state index in [9.17, 15) is 9.59 Å². The molecule has 3 rings (SSSR count). The van der Waals surface area contributed by atoms with Gasteiger partial charge in [-0.05, 0) is 41.1 Å². The topological polar surface area (TPSA) is 99.9 Å². The number of nitrogens with two attached hydrogens (primary N) is 1. The van der Waals surface area contributed by atoms with Gasteiger partial charge in [0.1, 0.15) is 0 Å². The summed E-state index contributed by atoms with van der Waals surface area (Å²) in [7, 11) is 2.88. The van der Waals surface area contributed by atoms with Gasteiger partial charge in [0.05, 0.1) is 20.3 Å². The van der Waals surface area contributed by atoms with Crippen LogP contribution in [0.25, 0.3) is 0 Å². The molecule has 0 fully saturated rings. The van der Waals surface area contributed by atoms with Crippen molar-refractivity contribution in [1.82, 2.24) is 5.32 Å². The number of aryl methyl sites for hydroxylation is 1. The third-order valence-corrected chi connectivity index (χ3v) is 5.84. The summed E-state index contributed by atoms with van der Waals surface area (Å²) < 4.78 is 16.1. The van der Waals surface area contributed by atoms with Crippen molar-refractivity contribution in [3.8, 4) is 17.2 Å². The molecule has 1 aromatic heterocycles. The molecule has 1 atom stereocenters. The van der Waals surface area contributed by atoms with E-state index in [-0.39, 0.29) is 35.8 Å². The lowest BCUT2D eigenvalue weighted by Crippen LogP contribution is -2.29. The lowest BCUT2D eigenvalue weighted by molar-refractivity contribution is -0.120. The summed E-state index contributed by atoms with van der Waals surface area (Å²) in [5.74, 6) is -0.216. The van der Waals surface area contributed by atoms with Crippen molar-refractivity contribution in [1.29, 1.82) is 0 Å². The highest BCUT2D eigenvalue weighted by atomic mass is 32.1. The summed E-state index contributed by atoms with van der Waals surface area (Å²) in [6.45, 7) is 1.76. The molecular weight excluding hydrogens is 428 g/mol. The van der Waals surface area contributed by atoms with Crippen LogP contribution in [0.4, 0.5) is 0 Å². The van der Waals surface area contributed by atoms with Gasteiger partial charge in [-0.15, -0.1) is 11.3 Å². The Bertz CT molecular complexity index is 1040. The monoisotopic (exact) mass is 454 g/mol. The second kappa shape index (κ2) is 10.7. The molecule has 0 saturated heterocycles. The fraction of sp³-hybridized carbons (Fsp3) is 0.250. The molecule has 1 heterocycles. The molecule has 2 aromatic carbocycles. The van der Waals surface area contributed by atoms with Gasteiger partial charge in [-0.25, -0.2) is 0 Å². The van der Waals surface area contributed by atoms with E-state index in [0.29, 0.717) is 5.56 Å². The normalized spacial score (nSPS) is 11.5. The van der Waals surface area contributed by atoms with Gasteiger partial charge in [-0.3, -0.25) is 9.59 Å². The molecule has 0 spiro atoms. The molecule has 0 unspecified atom stereocenters. The van der Waals surface area contributed by atoms with E-state index in [1.807, 2.05) is 29.6 Å². The van der Waals surface area contributed by atoms with E-state index >= 15 is 0 Å². The maximum absolute atomic E-state index is 13.2. The summed E-state index contributed by atoms with van der Waals surface area (Å²) in [5, 5.41) is 5.09. The van der Waals surface area contributed by atoms with Crippen molar-refractivity contribution in [3.05, 3.63) is 75.5 Å². The highest BCUT2D eigenvalue weighted by Crippen LogP contribution is 2.39. The van der Waals surface area contributed by atoms with Gasteiger partial charge in [-0.2, -0.15) is 0 Å². The number of hydrogen-bond acceptors (Lipinski definition) is 6. The minimum atomic E-state index is -0.635. The Balaban J connectivity index is 1.92. The summed E-state index contributed by atoms with van der Waals surface area (Å²) in [5.41, 5.74) is 7.71. The van der Waals surface area contributed by atoms with Gasteiger partial charge in [0.2, 0.25) is 5.75 Å². The molecule has 0 aliphatic carbocycles. The Kier molecular flexibility index (Phi) is 7.72. The van der Waals surface area contributed by atoms with Crippen molar-refractivity contribution in [2.75, 3.05) is 20.8 Å². The van der Waals surface area contributed by atoms with Crippen LogP contribution in [0, 0.1) is 0 Å². The van der Waals surface area contributed by atoms with Crippen LogP contribution < -0.4 is 25.3 Å². The third-order valence-electron chi connectivity index (χ3n) is 4.91. The molecule has 2 amide bonds. The van der Waals surface area contributed by atoms with Crippen molar-refractivity contribution < 1.29 is 23.8 Å². The number of methoxy groups -OCH3 is 2. The number of nitrogens with one attached hydrogen (secondary N) is 1. The molecule has 0 saturated carbocycles. The van der Waals surface area contributed by atoms with Gasteiger partial charge < -0.3 is 25.3 Å². The highest BCUT2D eigenvalue weighted by molar-refractivity contribution is 7.10. The average molecular weight is 455 g/mol. The van der Waals surface area contributed by atoms with E-state index in [2.05, 4.69) is 24.4 Å². The first-order chi connectivity index (χ1) is 15.5. The van der Waals surface area contributed by atoms with Crippen LogP contribution in [-0.2, 0) is 11.2 Å². The van der Waals surface area contributed by atoms with E-state index < -0.39 is 5.91 Å². The molecular formula is C24H26N2O5S. The SMILES string of the molecule is CCc1ccc([C@@H](NC(=O)c2cc(OC)c(OCC(N)=O)c(OC)c2)c2cccs2)cc1. The van der Waals surface area contributed by atoms with Gasteiger partial charge in [-0.1, -0.05) is 37.3 Å².